The monoisotopic (exact) mass is 320 g/mol. The molecule has 3 rings (SSSR count). The van der Waals surface area contributed by atoms with Gasteiger partial charge in [0.15, 0.2) is 14.0 Å². The Balaban J connectivity index is 2.07. The van der Waals surface area contributed by atoms with Crippen LogP contribution in [0.3, 0.4) is 0 Å². The van der Waals surface area contributed by atoms with Crippen LogP contribution < -0.4 is 0 Å². The zero-order valence-electron chi connectivity index (χ0n) is 11.6. The lowest BCUT2D eigenvalue weighted by molar-refractivity contribution is 0.569. The molecule has 1 aliphatic carbocycles. The van der Waals surface area contributed by atoms with E-state index in [0.29, 0.717) is 5.56 Å². The highest BCUT2D eigenvalue weighted by atomic mass is 35.5. The second-order valence-electron chi connectivity index (χ2n) is 5.50. The molecule has 2 aromatic carbocycles. The largest absolute Gasteiger partial charge is 0.226 e. The van der Waals surface area contributed by atoms with Crippen molar-refractivity contribution in [2.75, 3.05) is 0 Å². The van der Waals surface area contributed by atoms with E-state index in [-0.39, 0.29) is 11.7 Å². The summed E-state index contributed by atoms with van der Waals surface area (Å²) in [6.45, 7) is 0. The minimum absolute atomic E-state index is 0.290. The molecule has 21 heavy (non-hydrogen) atoms. The number of hydrogen-bond acceptors (Lipinski definition) is 2. The maximum atomic E-state index is 12.9. The molecule has 2 nitrogen and oxygen atoms in total. The Morgan fingerprint density at radius 2 is 1.48 bits per heavy atom. The zero-order valence-corrected chi connectivity index (χ0v) is 13.1. The number of rotatable bonds is 5. The molecular formula is C17H17ClO2S. The first-order chi connectivity index (χ1) is 10.0. The van der Waals surface area contributed by atoms with Gasteiger partial charge in [0, 0.05) is 6.42 Å². The highest BCUT2D eigenvalue weighted by Gasteiger charge is 2.51. The van der Waals surface area contributed by atoms with E-state index in [1.807, 2.05) is 48.5 Å². The summed E-state index contributed by atoms with van der Waals surface area (Å²) in [6, 6.07) is 18.7. The van der Waals surface area contributed by atoms with E-state index in [9.17, 15) is 8.42 Å². The summed E-state index contributed by atoms with van der Waals surface area (Å²) in [4.78, 5) is 0. The molecule has 1 saturated carbocycles. The van der Waals surface area contributed by atoms with Crippen molar-refractivity contribution in [1.82, 2.24) is 0 Å². The molecular weight excluding hydrogens is 304 g/mol. The minimum Gasteiger partial charge on any atom is -0.226 e. The van der Waals surface area contributed by atoms with Crippen molar-refractivity contribution in [2.45, 2.75) is 28.7 Å². The molecule has 0 N–H and O–H groups in total. The lowest BCUT2D eigenvalue weighted by Crippen LogP contribution is -2.35. The van der Waals surface area contributed by atoms with E-state index < -0.39 is 14.0 Å². The van der Waals surface area contributed by atoms with Crippen LogP contribution in [0, 0.1) is 0 Å². The molecule has 0 aliphatic heterocycles. The Hall–Kier alpha value is -1.32. The Bertz CT molecular complexity index is 709. The lowest BCUT2D eigenvalue weighted by Gasteiger charge is -2.28. The van der Waals surface area contributed by atoms with Crippen molar-refractivity contribution < 1.29 is 8.42 Å². The number of halogens is 1. The number of benzene rings is 2. The fraction of sp³-hybridized carbons (Fsp3) is 0.294. The average Bonchev–Trinajstić information content (AvgIpc) is 3.34. The van der Waals surface area contributed by atoms with Crippen LogP contribution in [-0.4, -0.2) is 13.7 Å². The van der Waals surface area contributed by atoms with Gasteiger partial charge in [0.25, 0.3) is 0 Å². The molecule has 0 bridgehead atoms. The molecule has 0 aromatic heterocycles. The van der Waals surface area contributed by atoms with Crippen LogP contribution in [0.4, 0.5) is 0 Å². The van der Waals surface area contributed by atoms with E-state index in [0.717, 1.165) is 18.4 Å². The second-order valence-corrected chi connectivity index (χ2v) is 8.82. The van der Waals surface area contributed by atoms with E-state index in [1.54, 1.807) is 12.1 Å². The average molecular weight is 321 g/mol. The summed E-state index contributed by atoms with van der Waals surface area (Å²) in [6.07, 6.45) is 1.73. The number of sulfone groups is 1. The highest BCUT2D eigenvalue weighted by Crippen LogP contribution is 2.46. The first-order valence-corrected chi connectivity index (χ1v) is 8.98. The van der Waals surface area contributed by atoms with Crippen LogP contribution >= 0.6 is 11.6 Å². The molecule has 0 amide bonds. The van der Waals surface area contributed by atoms with Crippen molar-refractivity contribution in [1.29, 1.82) is 0 Å². The smallest absolute Gasteiger partial charge is 0.177 e. The van der Waals surface area contributed by atoms with Gasteiger partial charge in [-0.2, -0.15) is 0 Å². The zero-order chi connectivity index (χ0) is 14.9. The molecule has 4 heteroatoms. The summed E-state index contributed by atoms with van der Waals surface area (Å²) in [5.41, 5.74) is 1.59. The summed E-state index contributed by atoms with van der Waals surface area (Å²) < 4.78 is 24.4. The Morgan fingerprint density at radius 1 is 0.952 bits per heavy atom. The predicted octanol–water partition coefficient (Wildman–Crippen LogP) is 3.90. The predicted molar refractivity (Wildman–Crippen MR) is 86.1 cm³/mol. The lowest BCUT2D eigenvalue weighted by atomic mass is 10.0. The van der Waals surface area contributed by atoms with Gasteiger partial charge in [-0.3, -0.25) is 0 Å². The standard InChI is InChI=1S/C17H17ClO2S/c18-17(15-9-5-2-6-10-15,21(19,20)16-11-12-16)13-14-7-3-1-4-8-14/h1-10,16H,11-13H2. The molecule has 110 valence electrons. The van der Waals surface area contributed by atoms with Crippen molar-refractivity contribution in [3.05, 3.63) is 71.8 Å². The summed E-state index contributed by atoms with van der Waals surface area (Å²) >= 11 is 6.74. The molecule has 0 heterocycles. The van der Waals surface area contributed by atoms with Gasteiger partial charge in [-0.1, -0.05) is 72.3 Å². The SMILES string of the molecule is O=S(=O)(C1CC1)C(Cl)(Cc1ccccc1)c1ccccc1. The van der Waals surface area contributed by atoms with Crippen molar-refractivity contribution >= 4 is 21.4 Å². The maximum Gasteiger partial charge on any atom is 0.177 e. The second kappa shape index (κ2) is 5.47. The quantitative estimate of drug-likeness (QED) is 0.783. The molecule has 0 radical (unpaired) electrons. The van der Waals surface area contributed by atoms with Crippen molar-refractivity contribution in [3.63, 3.8) is 0 Å². The van der Waals surface area contributed by atoms with Gasteiger partial charge in [-0.15, -0.1) is 0 Å². The molecule has 0 saturated heterocycles. The van der Waals surface area contributed by atoms with Crippen molar-refractivity contribution in [2.24, 2.45) is 0 Å². The summed E-state index contributed by atoms with van der Waals surface area (Å²) in [5.74, 6) is 0. The third kappa shape index (κ3) is 2.72. The van der Waals surface area contributed by atoms with Crippen LogP contribution in [-0.2, 0) is 20.5 Å². The Morgan fingerprint density at radius 3 is 2.00 bits per heavy atom. The number of alkyl halides is 1. The van der Waals surface area contributed by atoms with E-state index in [2.05, 4.69) is 0 Å². The van der Waals surface area contributed by atoms with Gasteiger partial charge in [0.05, 0.1) is 5.25 Å². The van der Waals surface area contributed by atoms with Gasteiger partial charge in [-0.25, -0.2) is 8.42 Å². The fourth-order valence-electron chi connectivity index (χ4n) is 2.55. The van der Waals surface area contributed by atoms with Crippen LogP contribution in [0.2, 0.25) is 0 Å². The first kappa shape index (κ1) is 14.6. The molecule has 1 atom stereocenters. The Labute approximate surface area is 130 Å². The normalized spacial score (nSPS) is 18.1. The first-order valence-electron chi connectivity index (χ1n) is 7.06. The molecule has 2 aromatic rings. The van der Waals surface area contributed by atoms with Gasteiger partial charge in [0.2, 0.25) is 0 Å². The summed E-state index contributed by atoms with van der Waals surface area (Å²) in [7, 11) is -3.41. The van der Waals surface area contributed by atoms with Crippen LogP contribution in [0.25, 0.3) is 0 Å². The molecule has 1 aliphatic rings. The van der Waals surface area contributed by atoms with Gasteiger partial charge >= 0.3 is 0 Å². The Kier molecular flexibility index (Phi) is 3.80. The van der Waals surface area contributed by atoms with Crippen LogP contribution in [0.1, 0.15) is 24.0 Å². The fourth-order valence-corrected chi connectivity index (χ4v) is 5.33. The molecule has 1 unspecified atom stereocenters. The van der Waals surface area contributed by atoms with Crippen molar-refractivity contribution in [3.8, 4) is 0 Å². The van der Waals surface area contributed by atoms with Gasteiger partial charge in [0.1, 0.15) is 0 Å². The van der Waals surface area contributed by atoms with E-state index in [4.69, 9.17) is 11.6 Å². The molecule has 0 spiro atoms. The third-order valence-corrected chi connectivity index (χ3v) is 7.52. The highest BCUT2D eigenvalue weighted by molar-refractivity contribution is 7.94. The van der Waals surface area contributed by atoms with Crippen LogP contribution in [0.15, 0.2) is 60.7 Å². The molecule has 1 fully saturated rings. The third-order valence-electron chi connectivity index (χ3n) is 3.89. The van der Waals surface area contributed by atoms with Crippen LogP contribution in [0.5, 0.6) is 0 Å². The van der Waals surface area contributed by atoms with E-state index in [1.165, 1.54) is 0 Å². The topological polar surface area (TPSA) is 34.1 Å². The maximum absolute atomic E-state index is 12.9. The summed E-state index contributed by atoms with van der Waals surface area (Å²) in [5, 5.41) is -0.293. The number of hydrogen-bond donors (Lipinski definition) is 0. The minimum atomic E-state index is -3.41. The van der Waals surface area contributed by atoms with E-state index >= 15 is 0 Å². The van der Waals surface area contributed by atoms with Gasteiger partial charge in [-0.05, 0) is 24.0 Å². The van der Waals surface area contributed by atoms with Gasteiger partial charge < -0.3 is 0 Å².